The van der Waals surface area contributed by atoms with Crippen molar-refractivity contribution in [1.29, 1.82) is 0 Å². The fraction of sp³-hybridized carbons (Fsp3) is 1.00. The zero-order valence-electron chi connectivity index (χ0n) is 8.46. The fourth-order valence-corrected chi connectivity index (χ4v) is 2.47. The molecule has 13 heavy (non-hydrogen) atoms. The highest BCUT2D eigenvalue weighted by molar-refractivity contribution is 4.88. The fourth-order valence-electron chi connectivity index (χ4n) is 2.47. The first-order valence-corrected chi connectivity index (χ1v) is 5.44. The van der Waals surface area contributed by atoms with Gasteiger partial charge in [0.2, 0.25) is 0 Å². The molecule has 0 unspecified atom stereocenters. The molecule has 0 bridgehead atoms. The first kappa shape index (κ1) is 9.44. The third-order valence-corrected chi connectivity index (χ3v) is 3.34. The summed E-state index contributed by atoms with van der Waals surface area (Å²) < 4.78 is 5.37. The highest BCUT2D eigenvalue weighted by Gasteiger charge is 2.31. The number of nitrogens with zero attached hydrogens (tertiary/aromatic N) is 1. The van der Waals surface area contributed by atoms with Crippen molar-refractivity contribution in [1.82, 2.24) is 10.2 Å². The first-order valence-electron chi connectivity index (χ1n) is 5.44. The lowest BCUT2D eigenvalue weighted by Gasteiger charge is -2.34. The van der Waals surface area contributed by atoms with E-state index in [0.717, 1.165) is 38.3 Å². The van der Waals surface area contributed by atoms with Gasteiger partial charge in [0.05, 0.1) is 13.2 Å². The average molecular weight is 184 g/mol. The second-order valence-electron chi connectivity index (χ2n) is 4.04. The van der Waals surface area contributed by atoms with Gasteiger partial charge >= 0.3 is 0 Å². The quantitative estimate of drug-likeness (QED) is 0.669. The summed E-state index contributed by atoms with van der Waals surface area (Å²) in [6, 6.07) is 0.772. The van der Waals surface area contributed by atoms with Crippen LogP contribution in [0, 0.1) is 5.92 Å². The topological polar surface area (TPSA) is 24.5 Å². The molecule has 2 aliphatic heterocycles. The van der Waals surface area contributed by atoms with Gasteiger partial charge in [0.25, 0.3) is 0 Å². The third kappa shape index (κ3) is 2.03. The zero-order chi connectivity index (χ0) is 9.10. The third-order valence-electron chi connectivity index (χ3n) is 3.34. The molecule has 2 heterocycles. The van der Waals surface area contributed by atoms with E-state index < -0.39 is 0 Å². The van der Waals surface area contributed by atoms with Crippen LogP contribution in [-0.2, 0) is 4.74 Å². The molecular weight excluding hydrogens is 164 g/mol. The van der Waals surface area contributed by atoms with Gasteiger partial charge in [-0.3, -0.25) is 4.90 Å². The van der Waals surface area contributed by atoms with Gasteiger partial charge in [-0.1, -0.05) is 13.3 Å². The molecular formula is C10H20N2O. The molecule has 2 saturated heterocycles. The SMILES string of the molecule is CC[C@H]1CNC[C@@H]1N1CCOCC1. The van der Waals surface area contributed by atoms with Crippen LogP contribution in [0.5, 0.6) is 0 Å². The standard InChI is InChI=1S/C10H20N2O/c1-2-9-7-11-8-10(9)12-3-5-13-6-4-12/h9-11H,2-8H2,1H3/t9-,10-/m0/s1. The molecule has 0 aromatic carbocycles. The van der Waals surface area contributed by atoms with Crippen LogP contribution in [0.3, 0.4) is 0 Å². The van der Waals surface area contributed by atoms with E-state index in [4.69, 9.17) is 4.74 Å². The minimum absolute atomic E-state index is 0.772. The molecule has 2 fully saturated rings. The van der Waals surface area contributed by atoms with Crippen LogP contribution < -0.4 is 5.32 Å². The molecule has 3 heteroatoms. The number of rotatable bonds is 2. The summed E-state index contributed by atoms with van der Waals surface area (Å²) in [5.74, 6) is 0.859. The van der Waals surface area contributed by atoms with Crippen LogP contribution in [0.4, 0.5) is 0 Å². The highest BCUT2D eigenvalue weighted by Crippen LogP contribution is 2.19. The normalized spacial score (nSPS) is 36.7. The van der Waals surface area contributed by atoms with Gasteiger partial charge in [0, 0.05) is 25.7 Å². The van der Waals surface area contributed by atoms with E-state index in [9.17, 15) is 0 Å². The first-order chi connectivity index (χ1) is 6.42. The Bertz CT molecular complexity index is 157. The van der Waals surface area contributed by atoms with E-state index >= 15 is 0 Å². The van der Waals surface area contributed by atoms with Gasteiger partial charge < -0.3 is 10.1 Å². The van der Waals surface area contributed by atoms with Crippen LogP contribution in [0.1, 0.15) is 13.3 Å². The summed E-state index contributed by atoms with van der Waals surface area (Å²) in [6.45, 7) is 8.79. The minimum Gasteiger partial charge on any atom is -0.379 e. The number of ether oxygens (including phenoxy) is 1. The van der Waals surface area contributed by atoms with Crippen molar-refractivity contribution in [3.05, 3.63) is 0 Å². The van der Waals surface area contributed by atoms with Gasteiger partial charge in [-0.25, -0.2) is 0 Å². The van der Waals surface area contributed by atoms with E-state index in [1.807, 2.05) is 0 Å². The van der Waals surface area contributed by atoms with Crippen molar-refractivity contribution < 1.29 is 4.74 Å². The van der Waals surface area contributed by atoms with Gasteiger partial charge in [0.15, 0.2) is 0 Å². The lowest BCUT2D eigenvalue weighted by Crippen LogP contribution is -2.47. The average Bonchev–Trinajstić information content (AvgIpc) is 2.67. The Labute approximate surface area is 80.4 Å². The Morgan fingerprint density at radius 3 is 2.77 bits per heavy atom. The Kier molecular flexibility index (Phi) is 3.19. The largest absolute Gasteiger partial charge is 0.379 e. The van der Waals surface area contributed by atoms with E-state index in [-0.39, 0.29) is 0 Å². The Hall–Kier alpha value is -0.120. The van der Waals surface area contributed by atoms with Gasteiger partial charge in [-0.15, -0.1) is 0 Å². The molecule has 3 nitrogen and oxygen atoms in total. The summed E-state index contributed by atoms with van der Waals surface area (Å²) in [7, 11) is 0. The van der Waals surface area contributed by atoms with Crippen LogP contribution in [0.25, 0.3) is 0 Å². The summed E-state index contributed by atoms with van der Waals surface area (Å²) in [4.78, 5) is 2.59. The number of hydrogen-bond acceptors (Lipinski definition) is 3. The van der Waals surface area contributed by atoms with Crippen molar-refractivity contribution in [2.24, 2.45) is 5.92 Å². The van der Waals surface area contributed by atoms with Crippen LogP contribution in [0.2, 0.25) is 0 Å². The van der Waals surface area contributed by atoms with Crippen molar-refractivity contribution >= 4 is 0 Å². The van der Waals surface area contributed by atoms with Gasteiger partial charge in [0.1, 0.15) is 0 Å². The monoisotopic (exact) mass is 184 g/mol. The lowest BCUT2D eigenvalue weighted by molar-refractivity contribution is 0.0114. The van der Waals surface area contributed by atoms with Crippen molar-refractivity contribution in [3.8, 4) is 0 Å². The Morgan fingerprint density at radius 1 is 1.31 bits per heavy atom. The molecule has 76 valence electrons. The highest BCUT2D eigenvalue weighted by atomic mass is 16.5. The summed E-state index contributed by atoms with van der Waals surface area (Å²) in [5, 5.41) is 3.49. The molecule has 0 spiro atoms. The van der Waals surface area contributed by atoms with Crippen LogP contribution in [0.15, 0.2) is 0 Å². The molecule has 1 N–H and O–H groups in total. The van der Waals surface area contributed by atoms with Crippen molar-refractivity contribution in [2.75, 3.05) is 39.4 Å². The number of hydrogen-bond donors (Lipinski definition) is 1. The zero-order valence-corrected chi connectivity index (χ0v) is 8.46. The van der Waals surface area contributed by atoms with Crippen molar-refractivity contribution in [2.45, 2.75) is 19.4 Å². The molecule has 0 amide bonds. The molecule has 2 atom stereocenters. The molecule has 0 saturated carbocycles. The van der Waals surface area contributed by atoms with Gasteiger partial charge in [-0.05, 0) is 12.5 Å². The number of nitrogens with one attached hydrogen (secondary N) is 1. The maximum Gasteiger partial charge on any atom is 0.0594 e. The van der Waals surface area contributed by atoms with E-state index in [1.54, 1.807) is 0 Å². The number of morpholine rings is 1. The molecule has 0 aromatic heterocycles. The molecule has 0 aliphatic carbocycles. The van der Waals surface area contributed by atoms with Crippen LogP contribution >= 0.6 is 0 Å². The van der Waals surface area contributed by atoms with E-state index in [0.29, 0.717) is 0 Å². The Balaban J connectivity index is 1.90. The molecule has 0 radical (unpaired) electrons. The predicted molar refractivity (Wildman–Crippen MR) is 52.8 cm³/mol. The molecule has 2 rings (SSSR count). The second kappa shape index (κ2) is 4.40. The van der Waals surface area contributed by atoms with Gasteiger partial charge in [-0.2, -0.15) is 0 Å². The predicted octanol–water partition coefficient (Wildman–Crippen LogP) is 0.317. The lowest BCUT2D eigenvalue weighted by atomic mass is 9.99. The summed E-state index contributed by atoms with van der Waals surface area (Å²) in [6.07, 6.45) is 1.30. The minimum atomic E-state index is 0.772. The van der Waals surface area contributed by atoms with E-state index in [1.165, 1.54) is 19.5 Å². The summed E-state index contributed by atoms with van der Waals surface area (Å²) in [5.41, 5.74) is 0. The van der Waals surface area contributed by atoms with Crippen molar-refractivity contribution in [3.63, 3.8) is 0 Å². The van der Waals surface area contributed by atoms with Crippen LogP contribution in [-0.4, -0.2) is 50.3 Å². The van der Waals surface area contributed by atoms with E-state index in [2.05, 4.69) is 17.1 Å². The maximum atomic E-state index is 5.37. The second-order valence-corrected chi connectivity index (χ2v) is 4.04. The maximum absolute atomic E-state index is 5.37. The summed E-state index contributed by atoms with van der Waals surface area (Å²) >= 11 is 0. The smallest absolute Gasteiger partial charge is 0.0594 e. The molecule has 0 aromatic rings. The molecule has 2 aliphatic rings. The Morgan fingerprint density at radius 2 is 2.08 bits per heavy atom.